The third-order valence-electron chi connectivity index (χ3n) is 3.77. The van der Waals surface area contributed by atoms with Crippen LogP contribution in [0.15, 0.2) is 12.1 Å². The van der Waals surface area contributed by atoms with Crippen LogP contribution < -0.4 is 20.5 Å². The van der Waals surface area contributed by atoms with Crippen LogP contribution >= 0.6 is 0 Å². The average molecular weight is 294 g/mol. The molecule has 4 nitrogen and oxygen atoms in total. The Hall–Kier alpha value is -1.58. The lowest BCUT2D eigenvalue weighted by atomic mass is 9.87. The molecule has 0 aliphatic rings. The molecule has 0 unspecified atom stereocenters. The van der Waals surface area contributed by atoms with Crippen molar-refractivity contribution in [3.63, 3.8) is 0 Å². The molecule has 21 heavy (non-hydrogen) atoms. The molecule has 0 bridgehead atoms. The Labute approximate surface area is 129 Å². The molecule has 0 atom stereocenters. The van der Waals surface area contributed by atoms with E-state index in [1.165, 1.54) is 25.7 Å². The second-order valence-electron chi connectivity index (χ2n) is 6.27. The second-order valence-corrected chi connectivity index (χ2v) is 6.27. The third-order valence-corrected chi connectivity index (χ3v) is 3.77. The number of nitrogens with one attached hydrogen (secondary N) is 1. The van der Waals surface area contributed by atoms with Crippen molar-refractivity contribution in [2.24, 2.45) is 5.41 Å². The van der Waals surface area contributed by atoms with E-state index in [0.29, 0.717) is 17.2 Å². The number of methoxy groups -OCH3 is 2. The first-order chi connectivity index (χ1) is 9.93. The number of rotatable bonds is 9. The largest absolute Gasteiger partial charge is 0.493 e. The quantitative estimate of drug-likeness (QED) is 0.526. The summed E-state index contributed by atoms with van der Waals surface area (Å²) in [7, 11) is 3.24. The number of hydrogen-bond donors (Lipinski definition) is 2. The van der Waals surface area contributed by atoms with Gasteiger partial charge in [0.25, 0.3) is 0 Å². The summed E-state index contributed by atoms with van der Waals surface area (Å²) in [5, 5.41) is 3.45. The van der Waals surface area contributed by atoms with Gasteiger partial charge < -0.3 is 20.5 Å². The first kappa shape index (κ1) is 17.5. The Bertz CT molecular complexity index is 445. The number of benzene rings is 1. The van der Waals surface area contributed by atoms with E-state index in [-0.39, 0.29) is 5.41 Å². The summed E-state index contributed by atoms with van der Waals surface area (Å²) in [4.78, 5) is 0. The molecule has 120 valence electrons. The summed E-state index contributed by atoms with van der Waals surface area (Å²) in [5.74, 6) is 1.35. The lowest BCUT2D eigenvalue weighted by molar-refractivity contribution is 0.342. The monoisotopic (exact) mass is 294 g/mol. The maximum absolute atomic E-state index is 6.07. The van der Waals surface area contributed by atoms with E-state index in [2.05, 4.69) is 26.1 Å². The van der Waals surface area contributed by atoms with Gasteiger partial charge in [0.05, 0.1) is 25.6 Å². The number of hydrogen-bond acceptors (Lipinski definition) is 4. The van der Waals surface area contributed by atoms with E-state index < -0.39 is 0 Å². The molecule has 0 fully saturated rings. The normalized spacial score (nSPS) is 11.3. The topological polar surface area (TPSA) is 56.5 Å². The van der Waals surface area contributed by atoms with Crippen LogP contribution in [0.25, 0.3) is 0 Å². The van der Waals surface area contributed by atoms with E-state index in [0.717, 1.165) is 12.2 Å². The fourth-order valence-electron chi connectivity index (χ4n) is 2.32. The van der Waals surface area contributed by atoms with Crippen molar-refractivity contribution < 1.29 is 9.47 Å². The second kappa shape index (κ2) is 8.01. The summed E-state index contributed by atoms with van der Waals surface area (Å²) >= 11 is 0. The summed E-state index contributed by atoms with van der Waals surface area (Å²) in [5.41, 5.74) is 7.90. The van der Waals surface area contributed by atoms with Crippen LogP contribution in [0, 0.1) is 5.41 Å². The number of nitrogen functional groups attached to an aromatic ring is 1. The smallest absolute Gasteiger partial charge is 0.162 e. The lowest BCUT2D eigenvalue weighted by Crippen LogP contribution is -2.23. The molecule has 3 N–H and O–H groups in total. The molecular formula is C17H30N2O2. The van der Waals surface area contributed by atoms with Crippen LogP contribution in [-0.4, -0.2) is 20.8 Å². The highest BCUT2D eigenvalue weighted by Gasteiger charge is 2.18. The van der Waals surface area contributed by atoms with Gasteiger partial charge in [0.15, 0.2) is 11.5 Å². The van der Waals surface area contributed by atoms with Gasteiger partial charge in [-0.15, -0.1) is 0 Å². The predicted molar refractivity (Wildman–Crippen MR) is 90.4 cm³/mol. The van der Waals surface area contributed by atoms with Crippen LogP contribution in [0.2, 0.25) is 0 Å². The zero-order valence-corrected chi connectivity index (χ0v) is 14.1. The van der Waals surface area contributed by atoms with Gasteiger partial charge in [-0.3, -0.25) is 0 Å². The van der Waals surface area contributed by atoms with E-state index in [9.17, 15) is 0 Å². The first-order valence-corrected chi connectivity index (χ1v) is 7.69. The Morgan fingerprint density at radius 2 is 1.71 bits per heavy atom. The van der Waals surface area contributed by atoms with Gasteiger partial charge in [0.1, 0.15) is 0 Å². The predicted octanol–water partition coefficient (Wildman–Crippen LogP) is 4.30. The zero-order chi connectivity index (χ0) is 15.9. The van der Waals surface area contributed by atoms with E-state index in [4.69, 9.17) is 15.2 Å². The Balaban J connectivity index is 2.70. The Morgan fingerprint density at radius 3 is 2.29 bits per heavy atom. The zero-order valence-electron chi connectivity index (χ0n) is 14.1. The molecule has 0 heterocycles. The maximum Gasteiger partial charge on any atom is 0.162 e. The van der Waals surface area contributed by atoms with Crippen molar-refractivity contribution >= 4 is 11.4 Å². The molecule has 1 aromatic carbocycles. The molecular weight excluding hydrogens is 264 g/mol. The highest BCUT2D eigenvalue weighted by atomic mass is 16.5. The first-order valence-electron chi connectivity index (χ1n) is 7.69. The molecule has 0 amide bonds. The number of anilines is 2. The van der Waals surface area contributed by atoms with Gasteiger partial charge in [-0.1, -0.05) is 40.0 Å². The number of ether oxygens (including phenoxy) is 2. The molecule has 0 radical (unpaired) electrons. The van der Waals surface area contributed by atoms with Crippen LogP contribution in [0.4, 0.5) is 11.4 Å². The van der Waals surface area contributed by atoms with E-state index in [1.807, 2.05) is 6.07 Å². The number of nitrogens with two attached hydrogens (primary N) is 1. The highest BCUT2D eigenvalue weighted by molar-refractivity contribution is 5.72. The summed E-state index contributed by atoms with van der Waals surface area (Å²) in [6.07, 6.45) is 5.03. The fourth-order valence-corrected chi connectivity index (χ4v) is 2.32. The van der Waals surface area contributed by atoms with E-state index >= 15 is 0 Å². The van der Waals surface area contributed by atoms with Gasteiger partial charge in [-0.2, -0.15) is 0 Å². The molecule has 0 aliphatic heterocycles. The van der Waals surface area contributed by atoms with Gasteiger partial charge >= 0.3 is 0 Å². The molecule has 0 saturated carbocycles. The molecule has 1 aromatic rings. The van der Waals surface area contributed by atoms with Crippen molar-refractivity contribution in [1.82, 2.24) is 0 Å². The minimum atomic E-state index is 0.245. The van der Waals surface area contributed by atoms with Gasteiger partial charge in [-0.05, 0) is 11.8 Å². The van der Waals surface area contributed by atoms with Crippen LogP contribution in [-0.2, 0) is 0 Å². The Morgan fingerprint density at radius 1 is 1.10 bits per heavy atom. The summed E-state index contributed by atoms with van der Waals surface area (Å²) < 4.78 is 10.6. The van der Waals surface area contributed by atoms with Gasteiger partial charge in [0, 0.05) is 18.7 Å². The van der Waals surface area contributed by atoms with Crippen LogP contribution in [0.1, 0.15) is 46.5 Å². The van der Waals surface area contributed by atoms with Crippen molar-refractivity contribution in [3.05, 3.63) is 12.1 Å². The fraction of sp³-hybridized carbons (Fsp3) is 0.647. The van der Waals surface area contributed by atoms with E-state index in [1.54, 1.807) is 20.3 Å². The molecule has 4 heteroatoms. The standard InChI is InChI=1S/C17H30N2O2/c1-6-7-8-9-17(2,3)12-19-14-11-16(21-5)15(20-4)10-13(14)18/h10-11,19H,6-9,12,18H2,1-5H3. The number of unbranched alkanes of at least 4 members (excludes halogenated alkanes) is 2. The molecule has 0 saturated heterocycles. The van der Waals surface area contributed by atoms with Gasteiger partial charge in [0.2, 0.25) is 0 Å². The minimum absolute atomic E-state index is 0.245. The average Bonchev–Trinajstić information content (AvgIpc) is 2.45. The third kappa shape index (κ3) is 5.37. The minimum Gasteiger partial charge on any atom is -0.493 e. The van der Waals surface area contributed by atoms with Gasteiger partial charge in [-0.25, -0.2) is 0 Å². The summed E-state index contributed by atoms with van der Waals surface area (Å²) in [6.45, 7) is 7.69. The highest BCUT2D eigenvalue weighted by Crippen LogP contribution is 2.35. The summed E-state index contributed by atoms with van der Waals surface area (Å²) in [6, 6.07) is 3.70. The molecule has 0 aliphatic carbocycles. The Kier molecular flexibility index (Phi) is 6.66. The van der Waals surface area contributed by atoms with Crippen molar-refractivity contribution in [1.29, 1.82) is 0 Å². The van der Waals surface area contributed by atoms with Crippen molar-refractivity contribution in [3.8, 4) is 11.5 Å². The van der Waals surface area contributed by atoms with Crippen LogP contribution in [0.3, 0.4) is 0 Å². The maximum atomic E-state index is 6.07. The SMILES string of the molecule is CCCCCC(C)(C)CNc1cc(OC)c(OC)cc1N. The van der Waals surface area contributed by atoms with Crippen molar-refractivity contribution in [2.75, 3.05) is 31.8 Å². The van der Waals surface area contributed by atoms with Crippen molar-refractivity contribution in [2.45, 2.75) is 46.5 Å². The molecule has 1 rings (SSSR count). The molecule has 0 aromatic heterocycles. The van der Waals surface area contributed by atoms with Crippen LogP contribution in [0.5, 0.6) is 11.5 Å². The lowest BCUT2D eigenvalue weighted by Gasteiger charge is -2.26. The molecule has 0 spiro atoms.